The van der Waals surface area contributed by atoms with Gasteiger partial charge in [-0.2, -0.15) is 0 Å². The third kappa shape index (κ3) is 5.25. The Hall–Kier alpha value is -2.37. The summed E-state index contributed by atoms with van der Waals surface area (Å²) in [6.07, 6.45) is -4.73. The Morgan fingerprint density at radius 3 is 2.14 bits per heavy atom. The largest absolute Gasteiger partial charge is 0.573 e. The Balaban J connectivity index is 1.86. The van der Waals surface area contributed by atoms with E-state index in [0.29, 0.717) is 6.54 Å². The summed E-state index contributed by atoms with van der Waals surface area (Å²) < 4.78 is 45.9. The maximum absolute atomic E-state index is 12.2. The highest BCUT2D eigenvalue weighted by Crippen LogP contribution is 2.31. The number of anilines is 1. The monoisotopic (exact) mass is 297 g/mol. The van der Waals surface area contributed by atoms with Gasteiger partial charge in [-0.15, -0.1) is 13.2 Å². The fourth-order valence-corrected chi connectivity index (χ4v) is 1.69. The van der Waals surface area contributed by atoms with Gasteiger partial charge in [0.15, 0.2) is 11.5 Å². The minimum absolute atomic E-state index is 0.0599. The predicted molar refractivity (Wildman–Crippen MR) is 73.6 cm³/mol. The Morgan fingerprint density at radius 2 is 1.48 bits per heavy atom. The average molecular weight is 297 g/mol. The van der Waals surface area contributed by atoms with Crippen LogP contribution in [0.25, 0.3) is 0 Å². The number of benzene rings is 2. The van der Waals surface area contributed by atoms with Gasteiger partial charge in [0.05, 0.1) is 0 Å². The number of halogens is 3. The third-order valence-corrected chi connectivity index (χ3v) is 2.54. The highest BCUT2D eigenvalue weighted by atomic mass is 19.4. The normalized spacial score (nSPS) is 11.0. The Bertz CT molecular complexity index is 558. The van der Waals surface area contributed by atoms with Gasteiger partial charge in [-0.25, -0.2) is 0 Å². The number of hydrogen-bond acceptors (Lipinski definition) is 3. The highest BCUT2D eigenvalue weighted by Gasteiger charge is 2.32. The zero-order valence-corrected chi connectivity index (χ0v) is 11.1. The molecule has 2 rings (SSSR count). The summed E-state index contributed by atoms with van der Waals surface area (Å²) >= 11 is 0. The number of hydrogen-bond donors (Lipinski definition) is 1. The van der Waals surface area contributed by atoms with Gasteiger partial charge in [-0.1, -0.05) is 30.3 Å². The van der Waals surface area contributed by atoms with Gasteiger partial charge in [-0.3, -0.25) is 0 Å². The van der Waals surface area contributed by atoms with Crippen molar-refractivity contribution in [2.24, 2.45) is 0 Å². The van der Waals surface area contributed by atoms with Gasteiger partial charge in [0.25, 0.3) is 0 Å². The summed E-state index contributed by atoms with van der Waals surface area (Å²) in [6.45, 7) is 0.678. The van der Waals surface area contributed by atoms with Gasteiger partial charge in [0.1, 0.15) is 6.61 Å². The number of para-hydroxylation sites is 3. The molecule has 0 fully saturated rings. The predicted octanol–water partition coefficient (Wildman–Crippen LogP) is 4.08. The topological polar surface area (TPSA) is 30.5 Å². The van der Waals surface area contributed by atoms with E-state index in [4.69, 9.17) is 4.74 Å². The van der Waals surface area contributed by atoms with E-state index in [1.54, 1.807) is 6.07 Å². The molecule has 0 bridgehead atoms. The molecule has 0 saturated carbocycles. The first kappa shape index (κ1) is 15.0. The molecule has 0 aliphatic rings. The second-order valence-corrected chi connectivity index (χ2v) is 4.14. The molecule has 0 atom stereocenters. The molecule has 1 N–H and O–H groups in total. The van der Waals surface area contributed by atoms with Crippen molar-refractivity contribution in [3.8, 4) is 11.5 Å². The Labute approximate surface area is 120 Å². The van der Waals surface area contributed by atoms with Gasteiger partial charge >= 0.3 is 6.36 Å². The molecule has 2 aromatic rings. The van der Waals surface area contributed by atoms with Crippen LogP contribution in [-0.2, 0) is 0 Å². The van der Waals surface area contributed by atoms with Gasteiger partial charge in [-0.05, 0) is 24.3 Å². The fraction of sp³-hybridized carbons (Fsp3) is 0.200. The van der Waals surface area contributed by atoms with Crippen LogP contribution in [0.1, 0.15) is 0 Å². The molecular formula is C15H14F3NO2. The molecule has 0 aliphatic heterocycles. The summed E-state index contributed by atoms with van der Waals surface area (Å²) in [5, 5.41) is 3.09. The van der Waals surface area contributed by atoms with E-state index in [2.05, 4.69) is 10.1 Å². The molecule has 0 aliphatic carbocycles. The SMILES string of the molecule is FC(F)(F)Oc1ccccc1OCCNc1ccccc1. The quantitative estimate of drug-likeness (QED) is 0.815. The summed E-state index contributed by atoms with van der Waals surface area (Å²) in [5.41, 5.74) is 0.918. The van der Waals surface area contributed by atoms with Crippen molar-refractivity contribution in [1.29, 1.82) is 0 Å². The lowest BCUT2D eigenvalue weighted by Crippen LogP contribution is -2.18. The lowest BCUT2D eigenvalue weighted by atomic mass is 10.3. The molecule has 0 radical (unpaired) electrons. The number of rotatable bonds is 6. The Morgan fingerprint density at radius 1 is 0.857 bits per heavy atom. The minimum Gasteiger partial charge on any atom is -0.488 e. The first-order valence-electron chi connectivity index (χ1n) is 6.31. The van der Waals surface area contributed by atoms with E-state index >= 15 is 0 Å². The molecule has 6 heteroatoms. The molecule has 0 saturated heterocycles. The second kappa shape index (κ2) is 6.88. The molecule has 0 amide bonds. The van der Waals surface area contributed by atoms with Crippen LogP contribution in [0.15, 0.2) is 54.6 Å². The molecule has 2 aromatic carbocycles. The van der Waals surface area contributed by atoms with Crippen molar-refractivity contribution in [3.05, 3.63) is 54.6 Å². The zero-order chi connectivity index (χ0) is 15.1. The van der Waals surface area contributed by atoms with Crippen molar-refractivity contribution in [3.63, 3.8) is 0 Å². The average Bonchev–Trinajstić information content (AvgIpc) is 2.45. The van der Waals surface area contributed by atoms with Crippen LogP contribution in [0.4, 0.5) is 18.9 Å². The summed E-state index contributed by atoms with van der Waals surface area (Å²) in [6, 6.07) is 15.1. The van der Waals surface area contributed by atoms with Crippen molar-refractivity contribution in [1.82, 2.24) is 0 Å². The summed E-state index contributed by atoms with van der Waals surface area (Å²) in [7, 11) is 0. The highest BCUT2D eigenvalue weighted by molar-refractivity contribution is 5.42. The van der Waals surface area contributed by atoms with Gasteiger partial charge in [0, 0.05) is 12.2 Å². The maximum Gasteiger partial charge on any atom is 0.573 e. The van der Waals surface area contributed by atoms with Crippen LogP contribution in [0.2, 0.25) is 0 Å². The smallest absolute Gasteiger partial charge is 0.488 e. The molecule has 0 aromatic heterocycles. The third-order valence-electron chi connectivity index (χ3n) is 2.54. The van der Waals surface area contributed by atoms with Crippen LogP contribution in [0, 0.1) is 0 Å². The molecule has 112 valence electrons. The molecule has 0 unspecified atom stereocenters. The van der Waals surface area contributed by atoms with Crippen molar-refractivity contribution >= 4 is 5.69 Å². The van der Waals surface area contributed by atoms with Crippen LogP contribution in [-0.4, -0.2) is 19.5 Å². The van der Waals surface area contributed by atoms with E-state index < -0.39 is 6.36 Å². The summed E-state index contributed by atoms with van der Waals surface area (Å²) in [4.78, 5) is 0. The fourth-order valence-electron chi connectivity index (χ4n) is 1.69. The molecule has 0 heterocycles. The zero-order valence-electron chi connectivity index (χ0n) is 11.1. The van der Waals surface area contributed by atoms with E-state index in [1.165, 1.54) is 18.2 Å². The molecule has 21 heavy (non-hydrogen) atoms. The van der Waals surface area contributed by atoms with Gasteiger partial charge in [0.2, 0.25) is 0 Å². The minimum atomic E-state index is -4.73. The van der Waals surface area contributed by atoms with E-state index in [0.717, 1.165) is 5.69 Å². The van der Waals surface area contributed by atoms with E-state index in [-0.39, 0.29) is 18.1 Å². The van der Waals surface area contributed by atoms with Crippen LogP contribution < -0.4 is 14.8 Å². The first-order valence-corrected chi connectivity index (χ1v) is 6.31. The number of nitrogens with one attached hydrogen (secondary N) is 1. The maximum atomic E-state index is 12.2. The molecular weight excluding hydrogens is 283 g/mol. The van der Waals surface area contributed by atoms with Crippen LogP contribution in [0.3, 0.4) is 0 Å². The van der Waals surface area contributed by atoms with Crippen LogP contribution in [0.5, 0.6) is 11.5 Å². The van der Waals surface area contributed by atoms with E-state index in [1.807, 2.05) is 30.3 Å². The first-order chi connectivity index (χ1) is 10.0. The Kier molecular flexibility index (Phi) is 4.92. The van der Waals surface area contributed by atoms with E-state index in [9.17, 15) is 13.2 Å². The number of ether oxygens (including phenoxy) is 2. The van der Waals surface area contributed by atoms with Gasteiger partial charge < -0.3 is 14.8 Å². The summed E-state index contributed by atoms with van der Waals surface area (Å²) in [5.74, 6) is -0.283. The standard InChI is InChI=1S/C15H14F3NO2/c16-15(17,18)21-14-9-5-4-8-13(14)20-11-10-19-12-6-2-1-3-7-12/h1-9,19H,10-11H2. The lowest BCUT2D eigenvalue weighted by molar-refractivity contribution is -0.275. The molecule has 0 spiro atoms. The molecule has 3 nitrogen and oxygen atoms in total. The van der Waals surface area contributed by atoms with Crippen molar-refractivity contribution in [2.45, 2.75) is 6.36 Å². The number of alkyl halides is 3. The van der Waals surface area contributed by atoms with Crippen molar-refractivity contribution in [2.75, 3.05) is 18.5 Å². The lowest BCUT2D eigenvalue weighted by Gasteiger charge is -2.14. The second-order valence-electron chi connectivity index (χ2n) is 4.14. The van der Waals surface area contributed by atoms with Crippen molar-refractivity contribution < 1.29 is 22.6 Å². The van der Waals surface area contributed by atoms with Crippen LogP contribution >= 0.6 is 0 Å².